The predicted molar refractivity (Wildman–Crippen MR) is 169 cm³/mol. The lowest BCUT2D eigenvalue weighted by Crippen LogP contribution is -2.37. The molecule has 2 heterocycles. The van der Waals surface area contributed by atoms with Crippen LogP contribution in [0.2, 0.25) is 0 Å². The van der Waals surface area contributed by atoms with Crippen molar-refractivity contribution in [3.05, 3.63) is 77.9 Å². The number of carbonyl (C=O) groups is 1. The second-order valence-electron chi connectivity index (χ2n) is 10.3. The van der Waals surface area contributed by atoms with Gasteiger partial charge in [-0.1, -0.05) is 30.3 Å². The highest BCUT2D eigenvalue weighted by Crippen LogP contribution is 2.43. The van der Waals surface area contributed by atoms with E-state index < -0.39 is 10.0 Å². The Balaban J connectivity index is 1.50. The molecule has 2 aliphatic heterocycles. The Morgan fingerprint density at radius 3 is 2.21 bits per heavy atom. The predicted octanol–water partition coefficient (Wildman–Crippen LogP) is 5.28. The summed E-state index contributed by atoms with van der Waals surface area (Å²) in [5.74, 6) is 0.900. The summed E-state index contributed by atoms with van der Waals surface area (Å²) in [4.78, 5) is 15.7. The van der Waals surface area contributed by atoms with Gasteiger partial charge >= 0.3 is 0 Å². The number of benzene rings is 3. The number of hydrogen-bond acceptors (Lipinski definition) is 7. The lowest BCUT2D eigenvalue weighted by atomic mass is 9.99. The van der Waals surface area contributed by atoms with Crippen LogP contribution in [0, 0.1) is 0 Å². The Labute approximate surface area is 248 Å². The molecule has 0 saturated carbocycles. The number of sulfonamides is 1. The Hall–Kier alpha value is -4.02. The number of ether oxygens (including phenoxy) is 2. The van der Waals surface area contributed by atoms with Crippen LogP contribution in [-0.4, -0.2) is 64.9 Å². The Kier molecular flexibility index (Phi) is 9.03. The molecule has 222 valence electrons. The molecule has 0 radical (unpaired) electrons. The number of anilines is 3. The molecule has 1 fully saturated rings. The van der Waals surface area contributed by atoms with E-state index in [-0.39, 0.29) is 5.91 Å². The smallest absolute Gasteiger partial charge is 0.258 e. The number of hydrogen-bond donors (Lipinski definition) is 2. The van der Waals surface area contributed by atoms with Gasteiger partial charge in [-0.15, -0.1) is 0 Å². The average Bonchev–Trinajstić information content (AvgIpc) is 3.60. The van der Waals surface area contributed by atoms with Crippen molar-refractivity contribution < 1.29 is 22.7 Å². The minimum atomic E-state index is -3.46. The molecule has 0 unspecified atom stereocenters. The molecule has 2 aliphatic rings. The van der Waals surface area contributed by atoms with Gasteiger partial charge in [-0.3, -0.25) is 9.10 Å². The van der Waals surface area contributed by atoms with Crippen LogP contribution >= 0.6 is 0 Å². The van der Waals surface area contributed by atoms with E-state index in [0.29, 0.717) is 66.0 Å². The fourth-order valence-electron chi connectivity index (χ4n) is 5.43. The van der Waals surface area contributed by atoms with E-state index in [0.717, 1.165) is 37.2 Å². The molecule has 0 aliphatic carbocycles. The number of fused-ring (bicyclic) bond motifs is 1. The minimum Gasteiger partial charge on any atom is -0.490 e. The zero-order chi connectivity index (χ0) is 29.7. The fraction of sp³-hybridized carbons (Fsp3) is 0.344. The number of likely N-dealkylation sites (tertiary alicyclic amines) is 1. The topological polar surface area (TPSA) is 100 Å². The summed E-state index contributed by atoms with van der Waals surface area (Å²) in [7, 11) is -3.46. The first-order valence-corrected chi connectivity index (χ1v) is 16.3. The third-order valence-electron chi connectivity index (χ3n) is 7.38. The number of rotatable bonds is 12. The van der Waals surface area contributed by atoms with Gasteiger partial charge in [0.15, 0.2) is 11.5 Å². The molecule has 0 spiro atoms. The van der Waals surface area contributed by atoms with Crippen LogP contribution in [0.3, 0.4) is 0 Å². The summed E-state index contributed by atoms with van der Waals surface area (Å²) >= 11 is 0. The fourth-order valence-corrected chi connectivity index (χ4v) is 6.34. The molecule has 0 atom stereocenters. The third-order valence-corrected chi connectivity index (χ3v) is 8.58. The van der Waals surface area contributed by atoms with E-state index >= 15 is 0 Å². The monoisotopic (exact) mass is 590 g/mol. The quantitative estimate of drug-likeness (QED) is 0.277. The molecule has 3 aromatic rings. The van der Waals surface area contributed by atoms with Gasteiger partial charge in [-0.25, -0.2) is 8.42 Å². The maximum atomic E-state index is 13.4. The largest absolute Gasteiger partial charge is 0.490 e. The summed E-state index contributed by atoms with van der Waals surface area (Å²) in [6.45, 7) is 7.84. The Morgan fingerprint density at radius 2 is 1.60 bits per heavy atom. The second kappa shape index (κ2) is 12.9. The summed E-state index contributed by atoms with van der Waals surface area (Å²) < 4.78 is 38.4. The molecular weight excluding hydrogens is 552 g/mol. The molecule has 5 rings (SSSR count). The van der Waals surface area contributed by atoms with Crippen molar-refractivity contribution in [2.75, 3.05) is 60.6 Å². The highest BCUT2D eigenvalue weighted by atomic mass is 32.2. The normalized spacial score (nSPS) is 16.1. The molecule has 0 aromatic heterocycles. The molecule has 1 saturated heterocycles. The molecule has 1 amide bonds. The first-order chi connectivity index (χ1) is 20.3. The van der Waals surface area contributed by atoms with E-state index in [1.54, 1.807) is 18.2 Å². The van der Waals surface area contributed by atoms with Gasteiger partial charge in [0.05, 0.1) is 42.1 Å². The van der Waals surface area contributed by atoms with Gasteiger partial charge in [0.25, 0.3) is 5.91 Å². The van der Waals surface area contributed by atoms with E-state index in [9.17, 15) is 13.2 Å². The standard InChI is InChI=1S/C32H38N4O5S/c1-4-40-28-21-26-27(22-29(28)41-5-2)34-32(37)30(26)31(23-11-7-6-8-12-23)33-24-13-15-25(16-14-24)36(42(3,38)39)20-19-35-17-9-10-18-35/h6-8,11-16,21-22,33H,4-5,9-10,17-20H2,1-3H3,(H,34,37)/b31-30-. The SMILES string of the molecule is CCOc1cc2c(cc1OCC)/C(=C(/Nc1ccc(N(CCN3CCCC3)S(C)(=O)=O)cc1)c1ccccc1)C(=O)N2. The van der Waals surface area contributed by atoms with Crippen molar-refractivity contribution in [3.8, 4) is 11.5 Å². The molecule has 2 N–H and O–H groups in total. The third kappa shape index (κ3) is 6.55. The molecule has 0 bridgehead atoms. The zero-order valence-electron chi connectivity index (χ0n) is 24.4. The molecule has 10 heteroatoms. The maximum Gasteiger partial charge on any atom is 0.258 e. The summed E-state index contributed by atoms with van der Waals surface area (Å²) in [6, 6.07) is 20.6. The number of amides is 1. The van der Waals surface area contributed by atoms with Crippen molar-refractivity contribution in [3.63, 3.8) is 0 Å². The summed E-state index contributed by atoms with van der Waals surface area (Å²) in [5, 5.41) is 6.43. The molecule has 3 aromatic carbocycles. The van der Waals surface area contributed by atoms with E-state index in [2.05, 4.69) is 15.5 Å². The first kappa shape index (κ1) is 29.5. The van der Waals surface area contributed by atoms with Crippen molar-refractivity contribution in [2.24, 2.45) is 0 Å². The average molecular weight is 591 g/mol. The highest BCUT2D eigenvalue weighted by molar-refractivity contribution is 7.92. The highest BCUT2D eigenvalue weighted by Gasteiger charge is 2.31. The van der Waals surface area contributed by atoms with Gasteiger partial charge in [-0.05, 0) is 75.7 Å². The van der Waals surface area contributed by atoms with Crippen molar-refractivity contribution >= 4 is 44.3 Å². The lowest BCUT2D eigenvalue weighted by Gasteiger charge is -2.25. The van der Waals surface area contributed by atoms with Gasteiger partial charge < -0.3 is 25.0 Å². The Morgan fingerprint density at radius 1 is 0.952 bits per heavy atom. The minimum absolute atomic E-state index is 0.241. The van der Waals surface area contributed by atoms with E-state index in [1.807, 2.05) is 62.4 Å². The lowest BCUT2D eigenvalue weighted by molar-refractivity contribution is -0.110. The van der Waals surface area contributed by atoms with Gasteiger partial charge in [0.2, 0.25) is 10.0 Å². The van der Waals surface area contributed by atoms with Crippen LogP contribution in [0.5, 0.6) is 11.5 Å². The molecule has 42 heavy (non-hydrogen) atoms. The summed E-state index contributed by atoms with van der Waals surface area (Å²) in [5.41, 5.74) is 4.61. The number of nitrogens with one attached hydrogen (secondary N) is 2. The van der Waals surface area contributed by atoms with Crippen LogP contribution < -0.4 is 24.4 Å². The van der Waals surface area contributed by atoms with Crippen LogP contribution in [0.4, 0.5) is 17.1 Å². The summed E-state index contributed by atoms with van der Waals surface area (Å²) in [6.07, 6.45) is 3.55. The van der Waals surface area contributed by atoms with Crippen molar-refractivity contribution in [1.82, 2.24) is 4.90 Å². The van der Waals surface area contributed by atoms with Gasteiger partial charge in [0.1, 0.15) is 0 Å². The zero-order valence-corrected chi connectivity index (χ0v) is 25.2. The molecular formula is C32H38N4O5S. The van der Waals surface area contributed by atoms with E-state index in [1.165, 1.54) is 10.6 Å². The van der Waals surface area contributed by atoms with Gasteiger partial charge in [-0.2, -0.15) is 0 Å². The second-order valence-corrected chi connectivity index (χ2v) is 12.2. The van der Waals surface area contributed by atoms with Crippen LogP contribution in [0.25, 0.3) is 11.3 Å². The Bertz CT molecular complexity index is 1550. The van der Waals surface area contributed by atoms with Crippen LogP contribution in [-0.2, 0) is 14.8 Å². The van der Waals surface area contributed by atoms with Crippen LogP contribution in [0.15, 0.2) is 66.7 Å². The van der Waals surface area contributed by atoms with Crippen molar-refractivity contribution in [2.45, 2.75) is 26.7 Å². The van der Waals surface area contributed by atoms with Crippen LogP contribution in [0.1, 0.15) is 37.8 Å². The number of carbonyl (C=O) groups excluding carboxylic acids is 1. The first-order valence-electron chi connectivity index (χ1n) is 14.4. The molecule has 9 nitrogen and oxygen atoms in total. The maximum absolute atomic E-state index is 13.4. The number of nitrogens with zero attached hydrogens (tertiary/aromatic N) is 2. The van der Waals surface area contributed by atoms with Crippen molar-refractivity contribution in [1.29, 1.82) is 0 Å². The van der Waals surface area contributed by atoms with E-state index in [4.69, 9.17) is 9.47 Å². The van der Waals surface area contributed by atoms with Gasteiger partial charge in [0, 0.05) is 30.4 Å².